The van der Waals surface area contributed by atoms with E-state index in [2.05, 4.69) is 0 Å². The Kier molecular flexibility index (Phi) is 5.04. The summed E-state index contributed by atoms with van der Waals surface area (Å²) in [7, 11) is 3.37. The highest BCUT2D eigenvalue weighted by molar-refractivity contribution is 6.05. The number of benzene rings is 2. The summed E-state index contributed by atoms with van der Waals surface area (Å²) in [5.41, 5.74) is 1.40. The van der Waals surface area contributed by atoms with Gasteiger partial charge in [0.05, 0.1) is 13.2 Å². The van der Waals surface area contributed by atoms with E-state index in [9.17, 15) is 4.79 Å². The minimum absolute atomic E-state index is 0.0738. The van der Waals surface area contributed by atoms with E-state index < -0.39 is 0 Å². The van der Waals surface area contributed by atoms with E-state index in [4.69, 9.17) is 9.47 Å². The van der Waals surface area contributed by atoms with Crippen LogP contribution in [0.3, 0.4) is 0 Å². The lowest BCUT2D eigenvalue weighted by Gasteiger charge is -2.18. The maximum absolute atomic E-state index is 12.6. The predicted octanol–water partition coefficient (Wildman–Crippen LogP) is 3.76. The van der Waals surface area contributed by atoms with Gasteiger partial charge in [-0.15, -0.1) is 0 Å². The van der Waals surface area contributed by atoms with E-state index in [0.717, 1.165) is 11.4 Å². The zero-order valence-electron chi connectivity index (χ0n) is 13.4. The summed E-state index contributed by atoms with van der Waals surface area (Å²) >= 11 is 0. The van der Waals surface area contributed by atoms with E-state index in [0.29, 0.717) is 11.3 Å². The van der Waals surface area contributed by atoms with Crippen molar-refractivity contribution < 1.29 is 14.3 Å². The summed E-state index contributed by atoms with van der Waals surface area (Å²) in [5.74, 6) is 1.38. The second-order valence-electron chi connectivity index (χ2n) is 5.26. The van der Waals surface area contributed by atoms with Crippen LogP contribution in [-0.4, -0.2) is 26.2 Å². The molecule has 0 spiro atoms. The Balaban J connectivity index is 2.19. The Morgan fingerprint density at radius 2 is 1.73 bits per heavy atom. The highest BCUT2D eigenvalue weighted by atomic mass is 16.5. The van der Waals surface area contributed by atoms with Gasteiger partial charge in [-0.05, 0) is 56.3 Å². The van der Waals surface area contributed by atoms with Crippen molar-refractivity contribution >= 4 is 11.6 Å². The van der Waals surface area contributed by atoms with Gasteiger partial charge in [0.15, 0.2) is 0 Å². The number of anilines is 1. The fraction of sp³-hybridized carbons (Fsp3) is 0.278. The van der Waals surface area contributed by atoms with Crippen molar-refractivity contribution in [2.45, 2.75) is 20.0 Å². The molecule has 0 radical (unpaired) electrons. The molecular formula is C18H21NO3. The van der Waals surface area contributed by atoms with Crippen LogP contribution in [0, 0.1) is 0 Å². The van der Waals surface area contributed by atoms with E-state index in [1.165, 1.54) is 0 Å². The summed E-state index contributed by atoms with van der Waals surface area (Å²) in [6.07, 6.45) is 0.0738. The van der Waals surface area contributed by atoms with Crippen molar-refractivity contribution in [2.75, 3.05) is 19.1 Å². The Morgan fingerprint density at radius 3 is 2.32 bits per heavy atom. The first-order chi connectivity index (χ1) is 10.5. The standard InChI is InChI=1S/C18H21NO3/c1-13(2)22-17-7-5-6-14(12-17)18(20)19(3)15-8-10-16(21-4)11-9-15/h5-13H,1-4H3. The van der Waals surface area contributed by atoms with Crippen LogP contribution in [0.2, 0.25) is 0 Å². The van der Waals surface area contributed by atoms with E-state index in [1.807, 2.05) is 50.2 Å². The van der Waals surface area contributed by atoms with Crippen molar-refractivity contribution in [1.29, 1.82) is 0 Å². The number of carbonyl (C=O) groups is 1. The molecule has 0 saturated heterocycles. The van der Waals surface area contributed by atoms with Crippen LogP contribution in [0.4, 0.5) is 5.69 Å². The lowest BCUT2D eigenvalue weighted by molar-refractivity contribution is 0.0992. The molecule has 0 heterocycles. The molecule has 0 aliphatic rings. The highest BCUT2D eigenvalue weighted by Crippen LogP contribution is 2.21. The number of methoxy groups -OCH3 is 1. The van der Waals surface area contributed by atoms with Crippen LogP contribution in [0.1, 0.15) is 24.2 Å². The number of hydrogen-bond donors (Lipinski definition) is 0. The Labute approximate surface area is 131 Å². The number of carbonyl (C=O) groups excluding carboxylic acids is 1. The Morgan fingerprint density at radius 1 is 1.05 bits per heavy atom. The molecule has 22 heavy (non-hydrogen) atoms. The molecule has 1 amide bonds. The summed E-state index contributed by atoms with van der Waals surface area (Å²) < 4.78 is 10.8. The molecule has 0 saturated carbocycles. The first-order valence-electron chi connectivity index (χ1n) is 7.20. The molecule has 2 rings (SSSR count). The number of hydrogen-bond acceptors (Lipinski definition) is 3. The third-order valence-corrected chi connectivity index (χ3v) is 3.22. The quantitative estimate of drug-likeness (QED) is 0.844. The molecule has 116 valence electrons. The van der Waals surface area contributed by atoms with Crippen molar-refractivity contribution in [1.82, 2.24) is 0 Å². The fourth-order valence-electron chi connectivity index (χ4n) is 2.09. The average molecular weight is 299 g/mol. The second kappa shape index (κ2) is 6.98. The molecule has 0 aromatic heterocycles. The molecule has 2 aromatic carbocycles. The molecule has 0 bridgehead atoms. The van der Waals surface area contributed by atoms with Crippen LogP contribution < -0.4 is 14.4 Å². The maximum Gasteiger partial charge on any atom is 0.258 e. The summed E-state index contributed by atoms with van der Waals surface area (Å²) in [6, 6.07) is 14.6. The zero-order valence-corrected chi connectivity index (χ0v) is 13.4. The predicted molar refractivity (Wildman–Crippen MR) is 87.9 cm³/mol. The Hall–Kier alpha value is -2.49. The Bertz CT molecular complexity index is 635. The topological polar surface area (TPSA) is 38.8 Å². The normalized spacial score (nSPS) is 10.4. The largest absolute Gasteiger partial charge is 0.497 e. The number of ether oxygens (including phenoxy) is 2. The lowest BCUT2D eigenvalue weighted by atomic mass is 10.1. The third kappa shape index (κ3) is 3.79. The van der Waals surface area contributed by atoms with Gasteiger partial charge in [-0.1, -0.05) is 6.07 Å². The summed E-state index contributed by atoms with van der Waals surface area (Å²) in [6.45, 7) is 3.91. The van der Waals surface area contributed by atoms with Crippen LogP contribution >= 0.6 is 0 Å². The van der Waals surface area contributed by atoms with Crippen molar-refractivity contribution in [3.8, 4) is 11.5 Å². The van der Waals surface area contributed by atoms with Gasteiger partial charge in [0, 0.05) is 18.3 Å². The molecule has 2 aromatic rings. The number of rotatable bonds is 5. The lowest BCUT2D eigenvalue weighted by Crippen LogP contribution is -2.26. The molecule has 0 N–H and O–H groups in total. The summed E-state index contributed by atoms with van der Waals surface area (Å²) in [4.78, 5) is 14.2. The smallest absolute Gasteiger partial charge is 0.258 e. The average Bonchev–Trinajstić information content (AvgIpc) is 2.53. The molecule has 4 heteroatoms. The maximum atomic E-state index is 12.6. The molecule has 0 unspecified atom stereocenters. The highest BCUT2D eigenvalue weighted by Gasteiger charge is 2.14. The van der Waals surface area contributed by atoms with Gasteiger partial charge in [-0.2, -0.15) is 0 Å². The van der Waals surface area contributed by atoms with E-state index in [1.54, 1.807) is 31.2 Å². The monoisotopic (exact) mass is 299 g/mol. The zero-order chi connectivity index (χ0) is 16.1. The van der Waals surface area contributed by atoms with Crippen LogP contribution in [-0.2, 0) is 0 Å². The number of amides is 1. The molecule has 0 aliphatic carbocycles. The first-order valence-corrected chi connectivity index (χ1v) is 7.20. The molecule has 0 aliphatic heterocycles. The van der Waals surface area contributed by atoms with E-state index >= 15 is 0 Å². The minimum Gasteiger partial charge on any atom is -0.497 e. The van der Waals surface area contributed by atoms with Gasteiger partial charge >= 0.3 is 0 Å². The van der Waals surface area contributed by atoms with Gasteiger partial charge in [-0.3, -0.25) is 4.79 Å². The SMILES string of the molecule is COc1ccc(N(C)C(=O)c2cccc(OC(C)C)c2)cc1. The second-order valence-corrected chi connectivity index (χ2v) is 5.26. The van der Waals surface area contributed by atoms with Gasteiger partial charge in [0.25, 0.3) is 5.91 Å². The van der Waals surface area contributed by atoms with E-state index in [-0.39, 0.29) is 12.0 Å². The number of nitrogens with zero attached hydrogens (tertiary/aromatic N) is 1. The van der Waals surface area contributed by atoms with Crippen molar-refractivity contribution in [2.24, 2.45) is 0 Å². The van der Waals surface area contributed by atoms with Crippen LogP contribution in [0.25, 0.3) is 0 Å². The minimum atomic E-state index is -0.0839. The summed E-state index contributed by atoms with van der Waals surface area (Å²) in [5, 5.41) is 0. The first kappa shape index (κ1) is 15.9. The molecular weight excluding hydrogens is 278 g/mol. The van der Waals surface area contributed by atoms with Gasteiger partial charge < -0.3 is 14.4 Å². The van der Waals surface area contributed by atoms with Crippen molar-refractivity contribution in [3.63, 3.8) is 0 Å². The van der Waals surface area contributed by atoms with Crippen molar-refractivity contribution in [3.05, 3.63) is 54.1 Å². The van der Waals surface area contributed by atoms with Gasteiger partial charge in [0.1, 0.15) is 11.5 Å². The molecule has 4 nitrogen and oxygen atoms in total. The van der Waals surface area contributed by atoms with Crippen LogP contribution in [0.15, 0.2) is 48.5 Å². The fourth-order valence-corrected chi connectivity index (χ4v) is 2.09. The molecule has 0 atom stereocenters. The third-order valence-electron chi connectivity index (χ3n) is 3.22. The van der Waals surface area contributed by atoms with Gasteiger partial charge in [0.2, 0.25) is 0 Å². The van der Waals surface area contributed by atoms with Crippen LogP contribution in [0.5, 0.6) is 11.5 Å². The van der Waals surface area contributed by atoms with Gasteiger partial charge in [-0.25, -0.2) is 0 Å². The molecule has 0 fully saturated rings.